The van der Waals surface area contributed by atoms with Crippen LogP contribution in [-0.4, -0.2) is 20.6 Å². The largest absolute Gasteiger partial charge is 0.312 e. The van der Waals surface area contributed by atoms with Crippen LogP contribution in [0.2, 0.25) is 0 Å². The van der Waals surface area contributed by atoms with Gasteiger partial charge in [-0.2, -0.15) is 0 Å². The van der Waals surface area contributed by atoms with Crippen LogP contribution in [0.1, 0.15) is 10.5 Å². The highest BCUT2D eigenvalue weighted by molar-refractivity contribution is 5.92. The highest BCUT2D eigenvalue weighted by Crippen LogP contribution is 2.29. The molecule has 4 rings (SSSR count). The van der Waals surface area contributed by atoms with Gasteiger partial charge in [-0.3, -0.25) is 19.3 Å². The third-order valence-corrected chi connectivity index (χ3v) is 4.00. The van der Waals surface area contributed by atoms with Crippen molar-refractivity contribution in [2.24, 2.45) is 0 Å². The summed E-state index contributed by atoms with van der Waals surface area (Å²) in [5.41, 5.74) is 1.50. The van der Waals surface area contributed by atoms with Crippen LogP contribution in [0.15, 0.2) is 60.8 Å². The number of hydrogen-bond donors (Lipinski definition) is 0. The van der Waals surface area contributed by atoms with Gasteiger partial charge in [0, 0.05) is 17.8 Å². The first kappa shape index (κ1) is 14.1. The Bertz CT molecular complexity index is 1120. The predicted octanol–water partition coefficient (Wildman–Crippen LogP) is 3.88. The number of nitro groups is 1. The molecular formula is C18H11N3O3. The smallest absolute Gasteiger partial charge is 0.296 e. The fraction of sp³-hybridized carbons (Fsp3) is 0. The number of nitrogens with zero attached hydrogens (tertiary/aromatic N) is 3. The van der Waals surface area contributed by atoms with Crippen molar-refractivity contribution in [3.8, 4) is 11.3 Å². The molecule has 0 unspecified atom stereocenters. The minimum atomic E-state index is -0.499. The van der Waals surface area contributed by atoms with E-state index in [-0.39, 0.29) is 11.3 Å². The van der Waals surface area contributed by atoms with E-state index in [0.717, 1.165) is 16.3 Å². The number of fused-ring (bicyclic) bond motifs is 2. The van der Waals surface area contributed by atoms with Gasteiger partial charge in [-0.1, -0.05) is 36.4 Å². The van der Waals surface area contributed by atoms with Gasteiger partial charge in [-0.15, -0.1) is 0 Å². The van der Waals surface area contributed by atoms with Crippen LogP contribution in [-0.2, 0) is 0 Å². The first-order valence-corrected chi connectivity index (χ1v) is 7.29. The Kier molecular flexibility index (Phi) is 3.09. The van der Waals surface area contributed by atoms with Crippen molar-refractivity contribution < 1.29 is 9.72 Å². The number of pyridine rings is 1. The number of rotatable bonds is 3. The topological polar surface area (TPSA) is 77.5 Å². The highest BCUT2D eigenvalue weighted by atomic mass is 16.6. The van der Waals surface area contributed by atoms with Gasteiger partial charge >= 0.3 is 5.69 Å². The van der Waals surface area contributed by atoms with Crippen molar-refractivity contribution in [3.63, 3.8) is 0 Å². The molecule has 0 aliphatic heterocycles. The van der Waals surface area contributed by atoms with Crippen molar-refractivity contribution in [2.45, 2.75) is 0 Å². The maximum Gasteiger partial charge on any atom is 0.312 e. The molecule has 0 spiro atoms. The first-order chi connectivity index (χ1) is 11.7. The molecule has 6 heteroatoms. The number of carbonyl (C=O) groups is 1. The molecule has 0 radical (unpaired) electrons. The fourth-order valence-corrected chi connectivity index (χ4v) is 2.88. The van der Waals surface area contributed by atoms with E-state index in [1.165, 1.54) is 16.5 Å². The summed E-state index contributed by atoms with van der Waals surface area (Å²) in [6.45, 7) is 0. The average molecular weight is 317 g/mol. The first-order valence-electron chi connectivity index (χ1n) is 7.29. The summed E-state index contributed by atoms with van der Waals surface area (Å²) in [5, 5.41) is 13.3. The van der Waals surface area contributed by atoms with Crippen LogP contribution in [0.5, 0.6) is 0 Å². The molecule has 0 saturated carbocycles. The molecule has 0 saturated heterocycles. The summed E-state index contributed by atoms with van der Waals surface area (Å²) in [4.78, 5) is 26.7. The second kappa shape index (κ2) is 5.27. The Morgan fingerprint density at radius 3 is 2.58 bits per heavy atom. The molecule has 6 nitrogen and oxygen atoms in total. The molecule has 2 aromatic carbocycles. The van der Waals surface area contributed by atoms with E-state index in [0.29, 0.717) is 17.7 Å². The van der Waals surface area contributed by atoms with Gasteiger partial charge in [0.05, 0.1) is 4.92 Å². The Labute approximate surface area is 136 Å². The van der Waals surface area contributed by atoms with E-state index in [4.69, 9.17) is 0 Å². The minimum Gasteiger partial charge on any atom is -0.296 e. The van der Waals surface area contributed by atoms with Gasteiger partial charge in [-0.25, -0.2) is 4.98 Å². The number of aldehydes is 1. The molecule has 0 aliphatic rings. The third kappa shape index (κ3) is 2.04. The summed E-state index contributed by atoms with van der Waals surface area (Å²) >= 11 is 0. The van der Waals surface area contributed by atoms with Crippen LogP contribution in [0.3, 0.4) is 0 Å². The van der Waals surface area contributed by atoms with E-state index in [1.54, 1.807) is 6.20 Å². The van der Waals surface area contributed by atoms with Crippen LogP contribution in [0.25, 0.3) is 27.7 Å². The number of hydrogen-bond acceptors (Lipinski definition) is 4. The zero-order valence-electron chi connectivity index (χ0n) is 12.4. The molecule has 24 heavy (non-hydrogen) atoms. The monoisotopic (exact) mass is 317 g/mol. The van der Waals surface area contributed by atoms with Crippen LogP contribution in [0, 0.1) is 10.1 Å². The maximum absolute atomic E-state index is 11.6. The van der Waals surface area contributed by atoms with E-state index in [2.05, 4.69) is 4.98 Å². The summed E-state index contributed by atoms with van der Waals surface area (Å²) < 4.78 is 1.45. The van der Waals surface area contributed by atoms with Crippen molar-refractivity contribution in [3.05, 3.63) is 76.6 Å². The summed E-state index contributed by atoms with van der Waals surface area (Å²) in [6, 6.07) is 16.5. The molecule has 0 N–H and O–H groups in total. The molecule has 2 aromatic heterocycles. The second-order valence-corrected chi connectivity index (χ2v) is 5.37. The Morgan fingerprint density at radius 1 is 1.04 bits per heavy atom. The molecule has 0 fully saturated rings. The van der Waals surface area contributed by atoms with E-state index in [9.17, 15) is 14.9 Å². The molecule has 2 heterocycles. The lowest BCUT2D eigenvalue weighted by Gasteiger charge is -2.02. The number of imidazole rings is 1. The predicted molar refractivity (Wildman–Crippen MR) is 90.2 cm³/mol. The number of carbonyl (C=O) groups excluding carboxylic acids is 1. The van der Waals surface area contributed by atoms with E-state index in [1.807, 2.05) is 42.5 Å². The zero-order valence-corrected chi connectivity index (χ0v) is 12.4. The van der Waals surface area contributed by atoms with Gasteiger partial charge in [0.2, 0.25) is 5.65 Å². The molecule has 4 aromatic rings. The Hall–Kier alpha value is -3.54. The lowest BCUT2D eigenvalue weighted by molar-refractivity contribution is -0.383. The lowest BCUT2D eigenvalue weighted by Crippen LogP contribution is -1.95. The molecule has 0 atom stereocenters. The minimum absolute atomic E-state index is 0.132. The van der Waals surface area contributed by atoms with Gasteiger partial charge in [0.15, 0.2) is 6.29 Å². The van der Waals surface area contributed by atoms with Gasteiger partial charge in [0.25, 0.3) is 0 Å². The van der Waals surface area contributed by atoms with Gasteiger partial charge in [0.1, 0.15) is 11.4 Å². The van der Waals surface area contributed by atoms with Crippen molar-refractivity contribution in [2.75, 3.05) is 0 Å². The van der Waals surface area contributed by atoms with E-state index >= 15 is 0 Å². The standard InChI is InChI=1S/C18H11N3O3/c22-11-16-17(14-8-7-12-4-1-2-5-13(12)10-14)19-18-15(21(23)24)6-3-9-20(16)18/h1-11H. The van der Waals surface area contributed by atoms with Crippen molar-refractivity contribution in [1.29, 1.82) is 0 Å². The maximum atomic E-state index is 11.6. The van der Waals surface area contributed by atoms with Crippen molar-refractivity contribution in [1.82, 2.24) is 9.38 Å². The van der Waals surface area contributed by atoms with Crippen LogP contribution < -0.4 is 0 Å². The van der Waals surface area contributed by atoms with Crippen molar-refractivity contribution >= 4 is 28.4 Å². The fourth-order valence-electron chi connectivity index (χ4n) is 2.88. The average Bonchev–Trinajstić information content (AvgIpc) is 2.99. The quantitative estimate of drug-likeness (QED) is 0.326. The van der Waals surface area contributed by atoms with Crippen LogP contribution >= 0.6 is 0 Å². The molecule has 0 amide bonds. The SMILES string of the molecule is O=Cc1c(-c2ccc3ccccc3c2)nc2c([N+](=O)[O-])cccn12. The number of aromatic nitrogens is 2. The highest BCUT2D eigenvalue weighted by Gasteiger charge is 2.20. The molecular weight excluding hydrogens is 306 g/mol. The molecule has 0 bridgehead atoms. The van der Waals surface area contributed by atoms with Gasteiger partial charge < -0.3 is 0 Å². The van der Waals surface area contributed by atoms with Crippen LogP contribution in [0.4, 0.5) is 5.69 Å². The van der Waals surface area contributed by atoms with E-state index < -0.39 is 4.92 Å². The molecule has 116 valence electrons. The van der Waals surface area contributed by atoms with Gasteiger partial charge in [-0.05, 0) is 22.9 Å². The Balaban J connectivity index is 2.03. The summed E-state index contributed by atoms with van der Waals surface area (Å²) in [7, 11) is 0. The molecule has 0 aliphatic carbocycles. The third-order valence-electron chi connectivity index (χ3n) is 4.00. The number of benzene rings is 2. The Morgan fingerprint density at radius 2 is 1.83 bits per heavy atom. The zero-order chi connectivity index (χ0) is 16.7. The second-order valence-electron chi connectivity index (χ2n) is 5.37. The normalized spacial score (nSPS) is 11.0. The summed E-state index contributed by atoms with van der Waals surface area (Å²) in [5.74, 6) is 0. The lowest BCUT2D eigenvalue weighted by atomic mass is 10.0. The summed E-state index contributed by atoms with van der Waals surface area (Å²) in [6.07, 6.45) is 2.28.